The lowest BCUT2D eigenvalue weighted by molar-refractivity contribution is -0.384. The molecule has 0 bridgehead atoms. The van der Waals surface area contributed by atoms with Crippen LogP contribution < -0.4 is 5.32 Å². The van der Waals surface area contributed by atoms with Gasteiger partial charge in [-0.2, -0.15) is 5.10 Å². The van der Waals surface area contributed by atoms with Crippen LogP contribution in [0.1, 0.15) is 39.8 Å². The van der Waals surface area contributed by atoms with Gasteiger partial charge in [0.1, 0.15) is 5.69 Å². The zero-order valence-electron chi connectivity index (χ0n) is 13.0. The lowest BCUT2D eigenvalue weighted by Gasteiger charge is -2.30. The predicted octanol–water partition coefficient (Wildman–Crippen LogP) is 2.19. The van der Waals surface area contributed by atoms with Crippen molar-refractivity contribution in [3.05, 3.63) is 15.8 Å². The second-order valence-electron chi connectivity index (χ2n) is 6.04. The molecular weight excluding hydrogens is 276 g/mol. The van der Waals surface area contributed by atoms with E-state index in [9.17, 15) is 14.9 Å². The van der Waals surface area contributed by atoms with Crippen LogP contribution in [0.15, 0.2) is 0 Å². The van der Waals surface area contributed by atoms with Crippen LogP contribution in [0, 0.1) is 15.5 Å². The van der Waals surface area contributed by atoms with Crippen molar-refractivity contribution in [3.8, 4) is 0 Å². The average molecular weight is 298 g/mol. The molecular formula is C13H22N4O4. The van der Waals surface area contributed by atoms with Crippen LogP contribution in [0.4, 0.5) is 11.5 Å². The fraction of sp³-hybridized carbons (Fsp3) is 0.692. The molecule has 118 valence electrons. The number of carboxylic acid groups (broad SMARTS) is 1. The van der Waals surface area contributed by atoms with Crippen molar-refractivity contribution in [2.45, 2.75) is 46.6 Å². The molecule has 0 aromatic carbocycles. The number of carbonyl (C=O) groups is 1. The third-order valence-corrected chi connectivity index (χ3v) is 3.34. The maximum Gasteiger partial charge on any atom is 0.333 e. The molecule has 0 spiro atoms. The summed E-state index contributed by atoms with van der Waals surface area (Å²) in [4.78, 5) is 21.8. The van der Waals surface area contributed by atoms with Crippen molar-refractivity contribution in [1.82, 2.24) is 9.78 Å². The van der Waals surface area contributed by atoms with Gasteiger partial charge in [0.15, 0.2) is 0 Å². The number of aromatic nitrogens is 2. The van der Waals surface area contributed by atoms with Crippen molar-refractivity contribution in [2.75, 3.05) is 5.32 Å². The maximum absolute atomic E-state index is 11.3. The molecule has 21 heavy (non-hydrogen) atoms. The number of rotatable bonds is 6. The summed E-state index contributed by atoms with van der Waals surface area (Å²) in [5.41, 5.74) is -0.0734. The lowest BCUT2D eigenvalue weighted by Crippen LogP contribution is -2.36. The number of aliphatic carboxylic acids is 1. The first-order chi connectivity index (χ1) is 9.57. The molecule has 0 amide bonds. The number of anilines is 1. The normalized spacial score (nSPS) is 13.0. The van der Waals surface area contributed by atoms with E-state index in [-0.39, 0.29) is 23.3 Å². The first-order valence-electron chi connectivity index (χ1n) is 6.76. The third-order valence-electron chi connectivity index (χ3n) is 3.34. The van der Waals surface area contributed by atoms with E-state index >= 15 is 0 Å². The Morgan fingerprint density at radius 1 is 1.52 bits per heavy atom. The van der Waals surface area contributed by atoms with Crippen molar-refractivity contribution >= 4 is 17.5 Å². The highest BCUT2D eigenvalue weighted by atomic mass is 16.6. The second-order valence-corrected chi connectivity index (χ2v) is 6.04. The van der Waals surface area contributed by atoms with Crippen molar-refractivity contribution in [2.24, 2.45) is 12.5 Å². The van der Waals surface area contributed by atoms with Crippen LogP contribution in [0.25, 0.3) is 0 Å². The first kappa shape index (κ1) is 16.9. The van der Waals surface area contributed by atoms with Crippen LogP contribution in [-0.2, 0) is 18.3 Å². The molecule has 2 N–H and O–H groups in total. The van der Waals surface area contributed by atoms with Gasteiger partial charge in [0.05, 0.1) is 11.3 Å². The van der Waals surface area contributed by atoms with E-state index in [0.717, 1.165) is 0 Å². The van der Waals surface area contributed by atoms with Crippen LogP contribution in [0.2, 0.25) is 0 Å². The molecule has 1 unspecified atom stereocenters. The van der Waals surface area contributed by atoms with Gasteiger partial charge in [-0.15, -0.1) is 0 Å². The zero-order valence-corrected chi connectivity index (χ0v) is 13.0. The Morgan fingerprint density at radius 3 is 2.48 bits per heavy atom. The van der Waals surface area contributed by atoms with Crippen molar-refractivity contribution < 1.29 is 14.8 Å². The molecule has 0 aliphatic heterocycles. The van der Waals surface area contributed by atoms with E-state index in [1.165, 1.54) is 4.68 Å². The van der Waals surface area contributed by atoms with Gasteiger partial charge in [-0.1, -0.05) is 27.7 Å². The largest absolute Gasteiger partial charge is 0.481 e. The van der Waals surface area contributed by atoms with Gasteiger partial charge in [-0.25, -0.2) is 4.68 Å². The molecule has 1 aromatic heterocycles. The van der Waals surface area contributed by atoms with Crippen LogP contribution in [-0.4, -0.2) is 31.8 Å². The van der Waals surface area contributed by atoms with Gasteiger partial charge in [-0.3, -0.25) is 14.9 Å². The number of hydrogen-bond donors (Lipinski definition) is 2. The minimum absolute atomic E-state index is 0.0837. The molecule has 0 fully saturated rings. The molecule has 8 heteroatoms. The smallest absolute Gasteiger partial charge is 0.333 e. The minimum Gasteiger partial charge on any atom is -0.481 e. The van der Waals surface area contributed by atoms with E-state index in [1.807, 2.05) is 20.8 Å². The monoisotopic (exact) mass is 298 g/mol. The Labute approximate surface area is 123 Å². The van der Waals surface area contributed by atoms with Crippen LogP contribution in [0.5, 0.6) is 0 Å². The van der Waals surface area contributed by atoms with Crippen LogP contribution >= 0.6 is 0 Å². The molecule has 1 atom stereocenters. The summed E-state index contributed by atoms with van der Waals surface area (Å²) in [7, 11) is 1.61. The SMILES string of the molecule is CCc1nn(C)c(NC(CC(=O)O)C(C)(C)C)c1[N+](=O)[O-]. The fourth-order valence-electron chi connectivity index (χ4n) is 2.07. The Hall–Kier alpha value is -2.12. The van der Waals surface area contributed by atoms with Crippen LogP contribution in [0.3, 0.4) is 0 Å². The zero-order chi connectivity index (χ0) is 16.4. The predicted molar refractivity (Wildman–Crippen MR) is 78.4 cm³/mol. The third kappa shape index (κ3) is 3.93. The molecule has 1 heterocycles. The van der Waals surface area contributed by atoms with Gasteiger partial charge in [-0.05, 0) is 11.8 Å². The molecule has 8 nitrogen and oxygen atoms in total. The van der Waals surface area contributed by atoms with E-state index in [1.54, 1.807) is 14.0 Å². The van der Waals surface area contributed by atoms with Gasteiger partial charge in [0, 0.05) is 13.1 Å². The summed E-state index contributed by atoms with van der Waals surface area (Å²) in [6.07, 6.45) is 0.304. The van der Waals surface area contributed by atoms with Gasteiger partial charge in [0.25, 0.3) is 0 Å². The molecule has 1 aromatic rings. The van der Waals surface area contributed by atoms with E-state index in [0.29, 0.717) is 12.1 Å². The topological polar surface area (TPSA) is 110 Å². The molecule has 1 rings (SSSR count). The second kappa shape index (κ2) is 6.11. The van der Waals surface area contributed by atoms with Gasteiger partial charge in [0.2, 0.25) is 5.82 Å². The summed E-state index contributed by atoms with van der Waals surface area (Å²) in [5.74, 6) is -0.707. The summed E-state index contributed by atoms with van der Waals surface area (Å²) < 4.78 is 1.40. The highest BCUT2D eigenvalue weighted by Gasteiger charge is 2.32. The molecule has 0 saturated heterocycles. The van der Waals surface area contributed by atoms with Gasteiger partial charge >= 0.3 is 11.7 Å². The van der Waals surface area contributed by atoms with Crippen molar-refractivity contribution in [1.29, 1.82) is 0 Å². The Balaban J connectivity index is 3.23. The number of nitrogens with one attached hydrogen (secondary N) is 1. The molecule has 0 aliphatic rings. The Morgan fingerprint density at radius 2 is 2.10 bits per heavy atom. The molecule has 0 radical (unpaired) electrons. The van der Waals surface area contributed by atoms with E-state index in [2.05, 4.69) is 10.4 Å². The van der Waals surface area contributed by atoms with Gasteiger partial charge < -0.3 is 10.4 Å². The average Bonchev–Trinajstić information content (AvgIpc) is 2.63. The summed E-state index contributed by atoms with van der Waals surface area (Å²) in [5, 5.41) is 27.4. The number of nitrogens with zero attached hydrogens (tertiary/aromatic N) is 3. The van der Waals surface area contributed by atoms with E-state index in [4.69, 9.17) is 5.11 Å². The standard InChI is InChI=1S/C13H22N4O4/c1-6-8-11(17(20)21)12(16(5)15-8)14-9(7-10(18)19)13(2,3)4/h9,14H,6-7H2,1-5H3,(H,18,19). The summed E-state index contributed by atoms with van der Waals surface area (Å²) >= 11 is 0. The first-order valence-corrected chi connectivity index (χ1v) is 6.76. The number of carboxylic acids is 1. The molecule has 0 aliphatic carbocycles. The number of nitro groups is 1. The summed E-state index contributed by atoms with van der Waals surface area (Å²) in [6.45, 7) is 7.45. The Bertz CT molecular complexity index is 545. The highest BCUT2D eigenvalue weighted by Crippen LogP contribution is 2.32. The summed E-state index contributed by atoms with van der Waals surface area (Å²) in [6, 6.07) is -0.450. The number of hydrogen-bond acceptors (Lipinski definition) is 5. The highest BCUT2D eigenvalue weighted by molar-refractivity contribution is 5.69. The van der Waals surface area contributed by atoms with E-state index < -0.39 is 16.9 Å². The lowest BCUT2D eigenvalue weighted by atomic mass is 9.84. The Kier molecular flexibility index (Phi) is 4.93. The molecule has 0 saturated carbocycles. The fourth-order valence-corrected chi connectivity index (χ4v) is 2.07. The maximum atomic E-state index is 11.3. The quantitative estimate of drug-likeness (QED) is 0.615. The minimum atomic E-state index is -0.956. The number of aryl methyl sites for hydroxylation is 2. The van der Waals surface area contributed by atoms with Crippen molar-refractivity contribution in [3.63, 3.8) is 0 Å².